The van der Waals surface area contributed by atoms with Gasteiger partial charge < -0.3 is 10.5 Å². The molecule has 0 bridgehead atoms. The van der Waals surface area contributed by atoms with Crippen molar-refractivity contribution in [1.82, 2.24) is 0 Å². The summed E-state index contributed by atoms with van der Waals surface area (Å²) in [4.78, 5) is 0. The van der Waals surface area contributed by atoms with Crippen LogP contribution in [0.2, 0.25) is 0 Å². The van der Waals surface area contributed by atoms with E-state index in [1.165, 1.54) is 31.7 Å². The number of nitrogen functional groups attached to an aromatic ring is 1. The summed E-state index contributed by atoms with van der Waals surface area (Å²) in [7, 11) is 0. The molecule has 4 heteroatoms. The molecule has 1 saturated carbocycles. The Kier molecular flexibility index (Phi) is 4.26. The normalized spacial score (nSPS) is 17.8. The lowest BCUT2D eigenvalue weighted by molar-refractivity contribution is 0.184. The molecule has 0 aromatic heterocycles. The van der Waals surface area contributed by atoms with Gasteiger partial charge in [-0.15, -0.1) is 0 Å². The molecule has 1 aliphatic carbocycles. The fourth-order valence-corrected chi connectivity index (χ4v) is 2.55. The fourth-order valence-electron chi connectivity index (χ4n) is 2.19. The molecule has 0 aliphatic heterocycles. The minimum Gasteiger partial charge on any atom is -0.488 e. The summed E-state index contributed by atoms with van der Waals surface area (Å²) in [6.45, 7) is 0. The second-order valence-electron chi connectivity index (χ2n) is 4.54. The van der Waals surface area contributed by atoms with Crippen LogP contribution in [-0.4, -0.2) is 6.10 Å². The average Bonchev–Trinajstić information content (AvgIpc) is 2.54. The van der Waals surface area contributed by atoms with Crippen LogP contribution in [0.5, 0.6) is 5.75 Å². The number of nitrogens with two attached hydrogens (primary N) is 1. The number of halogens is 2. The third-order valence-electron chi connectivity index (χ3n) is 3.15. The second kappa shape index (κ2) is 5.71. The maximum atomic E-state index is 13.4. The Bertz CT molecular complexity index is 389. The van der Waals surface area contributed by atoms with Crippen molar-refractivity contribution in [3.05, 3.63) is 22.4 Å². The van der Waals surface area contributed by atoms with Crippen molar-refractivity contribution in [1.29, 1.82) is 0 Å². The van der Waals surface area contributed by atoms with Gasteiger partial charge in [0.2, 0.25) is 0 Å². The Morgan fingerprint density at radius 1 is 1.18 bits per heavy atom. The third kappa shape index (κ3) is 3.35. The van der Waals surface area contributed by atoms with Gasteiger partial charge in [-0.2, -0.15) is 0 Å². The van der Waals surface area contributed by atoms with Crippen LogP contribution < -0.4 is 10.5 Å². The Hall–Kier alpha value is -0.770. The Balaban J connectivity index is 2.09. The summed E-state index contributed by atoms with van der Waals surface area (Å²) in [6.07, 6.45) is 7.16. The van der Waals surface area contributed by atoms with Crippen molar-refractivity contribution in [2.45, 2.75) is 44.6 Å². The SMILES string of the molecule is Nc1cc(Br)c(F)cc1OC1CCCCCC1. The second-order valence-corrected chi connectivity index (χ2v) is 5.39. The van der Waals surface area contributed by atoms with Crippen LogP contribution >= 0.6 is 15.9 Å². The van der Waals surface area contributed by atoms with Gasteiger partial charge in [-0.05, 0) is 47.7 Å². The highest BCUT2D eigenvalue weighted by Crippen LogP contribution is 2.31. The van der Waals surface area contributed by atoms with E-state index < -0.39 is 0 Å². The van der Waals surface area contributed by atoms with E-state index in [-0.39, 0.29) is 11.9 Å². The number of benzene rings is 1. The Labute approximate surface area is 109 Å². The number of ether oxygens (including phenoxy) is 1. The van der Waals surface area contributed by atoms with Crippen molar-refractivity contribution in [2.75, 3.05) is 5.73 Å². The van der Waals surface area contributed by atoms with E-state index in [0.29, 0.717) is 15.9 Å². The average molecular weight is 302 g/mol. The van der Waals surface area contributed by atoms with Crippen molar-refractivity contribution < 1.29 is 9.13 Å². The molecule has 0 amide bonds. The molecular weight excluding hydrogens is 285 g/mol. The first-order chi connectivity index (χ1) is 8.16. The van der Waals surface area contributed by atoms with Crippen molar-refractivity contribution in [2.24, 2.45) is 0 Å². The molecule has 0 radical (unpaired) electrons. The zero-order chi connectivity index (χ0) is 12.3. The zero-order valence-electron chi connectivity index (χ0n) is 9.72. The van der Waals surface area contributed by atoms with Crippen molar-refractivity contribution in [3.8, 4) is 5.75 Å². The lowest BCUT2D eigenvalue weighted by Gasteiger charge is -2.18. The summed E-state index contributed by atoms with van der Waals surface area (Å²) in [5, 5.41) is 0. The molecule has 94 valence electrons. The predicted molar refractivity (Wildman–Crippen MR) is 70.6 cm³/mol. The fraction of sp³-hybridized carbons (Fsp3) is 0.538. The lowest BCUT2D eigenvalue weighted by atomic mass is 10.1. The van der Waals surface area contributed by atoms with Gasteiger partial charge >= 0.3 is 0 Å². The van der Waals surface area contributed by atoms with E-state index in [4.69, 9.17) is 10.5 Å². The van der Waals surface area contributed by atoms with E-state index in [1.807, 2.05) is 0 Å². The van der Waals surface area contributed by atoms with Crippen molar-refractivity contribution >= 4 is 21.6 Å². The third-order valence-corrected chi connectivity index (χ3v) is 3.76. The first-order valence-electron chi connectivity index (χ1n) is 6.08. The van der Waals surface area contributed by atoms with E-state index >= 15 is 0 Å². The summed E-state index contributed by atoms with van der Waals surface area (Å²) >= 11 is 3.11. The monoisotopic (exact) mass is 301 g/mol. The topological polar surface area (TPSA) is 35.2 Å². The minimum absolute atomic E-state index is 0.181. The van der Waals surface area contributed by atoms with Gasteiger partial charge in [-0.25, -0.2) is 4.39 Å². The molecule has 0 spiro atoms. The van der Waals surface area contributed by atoms with E-state index in [1.54, 1.807) is 6.07 Å². The van der Waals surface area contributed by atoms with Crippen LogP contribution in [-0.2, 0) is 0 Å². The highest BCUT2D eigenvalue weighted by Gasteiger charge is 2.16. The molecule has 0 saturated heterocycles. The van der Waals surface area contributed by atoms with E-state index in [0.717, 1.165) is 12.8 Å². The van der Waals surface area contributed by atoms with Gasteiger partial charge in [0.05, 0.1) is 16.3 Å². The van der Waals surface area contributed by atoms with Gasteiger partial charge in [0.15, 0.2) is 0 Å². The standard InChI is InChI=1S/C13H17BrFNO/c14-10-7-12(16)13(8-11(10)15)17-9-5-3-1-2-4-6-9/h7-9H,1-6,16H2. The van der Waals surface area contributed by atoms with Crippen molar-refractivity contribution in [3.63, 3.8) is 0 Å². The van der Waals surface area contributed by atoms with Crippen LogP contribution in [0.4, 0.5) is 10.1 Å². The lowest BCUT2D eigenvalue weighted by Crippen LogP contribution is -2.16. The molecule has 2 N–H and O–H groups in total. The molecule has 0 atom stereocenters. The molecule has 1 aromatic carbocycles. The van der Waals surface area contributed by atoms with Crippen LogP contribution in [0, 0.1) is 5.82 Å². The summed E-state index contributed by atoms with van der Waals surface area (Å²) in [6, 6.07) is 2.92. The number of anilines is 1. The molecule has 17 heavy (non-hydrogen) atoms. The van der Waals surface area contributed by atoms with Gasteiger partial charge in [0, 0.05) is 6.07 Å². The smallest absolute Gasteiger partial charge is 0.145 e. The molecule has 1 fully saturated rings. The van der Waals surface area contributed by atoms with Crippen LogP contribution in [0.15, 0.2) is 16.6 Å². The Morgan fingerprint density at radius 2 is 1.82 bits per heavy atom. The van der Waals surface area contributed by atoms with Gasteiger partial charge in [0.1, 0.15) is 11.6 Å². The number of rotatable bonds is 2. The predicted octanol–water partition coefficient (Wildman–Crippen LogP) is 4.27. The van der Waals surface area contributed by atoms with E-state index in [2.05, 4.69) is 15.9 Å². The first-order valence-corrected chi connectivity index (χ1v) is 6.87. The molecule has 2 nitrogen and oxygen atoms in total. The highest BCUT2D eigenvalue weighted by molar-refractivity contribution is 9.10. The van der Waals surface area contributed by atoms with Crippen LogP contribution in [0.25, 0.3) is 0 Å². The van der Waals surface area contributed by atoms with E-state index in [9.17, 15) is 4.39 Å². The molecular formula is C13H17BrFNO. The quantitative estimate of drug-likeness (QED) is 0.654. The van der Waals surface area contributed by atoms with Gasteiger partial charge in [0.25, 0.3) is 0 Å². The number of hydrogen-bond donors (Lipinski definition) is 1. The zero-order valence-corrected chi connectivity index (χ0v) is 11.3. The summed E-state index contributed by atoms with van der Waals surface area (Å²) in [5.41, 5.74) is 6.31. The molecule has 0 heterocycles. The molecule has 1 aromatic rings. The largest absolute Gasteiger partial charge is 0.488 e. The summed E-state index contributed by atoms with van der Waals surface area (Å²) in [5.74, 6) is 0.139. The molecule has 0 unspecified atom stereocenters. The van der Waals surface area contributed by atoms with Crippen LogP contribution in [0.1, 0.15) is 38.5 Å². The summed E-state index contributed by atoms with van der Waals surface area (Å²) < 4.78 is 19.6. The maximum absolute atomic E-state index is 13.4. The minimum atomic E-state index is -0.331. The van der Waals surface area contributed by atoms with Gasteiger partial charge in [-0.3, -0.25) is 0 Å². The maximum Gasteiger partial charge on any atom is 0.145 e. The first kappa shape index (κ1) is 12.7. The highest BCUT2D eigenvalue weighted by atomic mass is 79.9. The molecule has 1 aliphatic rings. The number of hydrogen-bond acceptors (Lipinski definition) is 2. The van der Waals surface area contributed by atoms with Crippen LogP contribution in [0.3, 0.4) is 0 Å². The Morgan fingerprint density at radius 3 is 2.47 bits per heavy atom. The van der Waals surface area contributed by atoms with Gasteiger partial charge in [-0.1, -0.05) is 12.8 Å². The molecule has 2 rings (SSSR count).